The van der Waals surface area contributed by atoms with Gasteiger partial charge in [0, 0.05) is 6.42 Å². The van der Waals surface area contributed by atoms with Crippen LogP contribution in [0.1, 0.15) is 84.0 Å². The Balaban J connectivity index is 3.22. The standard InChI is InChI=1S/C19H35NO2/c1-2-3-4-5-6-7-8-9-10-11-12-13-14-15-16-17-19(22)20-18-21/h6-7,9-10,21H,2-5,8,11-18H2,1H3,(H,20,22)/b7-6-,10-9-. The molecule has 0 aliphatic carbocycles. The van der Waals surface area contributed by atoms with Crippen molar-refractivity contribution in [2.45, 2.75) is 84.0 Å². The fourth-order valence-electron chi connectivity index (χ4n) is 2.27. The second kappa shape index (κ2) is 18.0. The molecule has 0 spiro atoms. The Morgan fingerprint density at radius 2 is 1.45 bits per heavy atom. The topological polar surface area (TPSA) is 49.3 Å². The van der Waals surface area contributed by atoms with E-state index in [-0.39, 0.29) is 12.6 Å². The molecule has 0 fully saturated rings. The quantitative estimate of drug-likeness (QED) is 0.258. The predicted molar refractivity (Wildman–Crippen MR) is 94.6 cm³/mol. The summed E-state index contributed by atoms with van der Waals surface area (Å²) in [6.45, 7) is 1.99. The van der Waals surface area contributed by atoms with Gasteiger partial charge >= 0.3 is 0 Å². The molecule has 0 radical (unpaired) electrons. The van der Waals surface area contributed by atoms with E-state index in [0.717, 1.165) is 25.7 Å². The van der Waals surface area contributed by atoms with E-state index in [1.165, 1.54) is 44.9 Å². The van der Waals surface area contributed by atoms with E-state index in [1.807, 2.05) is 0 Å². The molecule has 0 saturated heterocycles. The van der Waals surface area contributed by atoms with Crippen LogP contribution in [0.15, 0.2) is 24.3 Å². The molecule has 0 bridgehead atoms. The van der Waals surface area contributed by atoms with Crippen molar-refractivity contribution in [2.75, 3.05) is 6.73 Å². The number of unbranched alkanes of at least 4 members (excludes halogenated alkanes) is 8. The van der Waals surface area contributed by atoms with E-state index in [2.05, 4.69) is 36.5 Å². The minimum Gasteiger partial charge on any atom is -0.377 e. The summed E-state index contributed by atoms with van der Waals surface area (Å²) in [7, 11) is 0. The number of nitrogens with one attached hydrogen (secondary N) is 1. The van der Waals surface area contributed by atoms with Crippen LogP contribution in [0.2, 0.25) is 0 Å². The van der Waals surface area contributed by atoms with Crippen LogP contribution in [0.4, 0.5) is 0 Å². The number of aliphatic hydroxyl groups excluding tert-OH is 1. The largest absolute Gasteiger partial charge is 0.377 e. The molecule has 0 heterocycles. The van der Waals surface area contributed by atoms with E-state index < -0.39 is 0 Å². The lowest BCUT2D eigenvalue weighted by atomic mass is 10.1. The highest BCUT2D eigenvalue weighted by molar-refractivity contribution is 5.75. The highest BCUT2D eigenvalue weighted by atomic mass is 16.3. The van der Waals surface area contributed by atoms with Gasteiger partial charge in [0.05, 0.1) is 0 Å². The second-order valence-electron chi connectivity index (χ2n) is 5.74. The zero-order valence-electron chi connectivity index (χ0n) is 14.4. The maximum Gasteiger partial charge on any atom is 0.221 e. The van der Waals surface area contributed by atoms with Gasteiger partial charge in [-0.25, -0.2) is 0 Å². The number of hydrogen-bond donors (Lipinski definition) is 2. The van der Waals surface area contributed by atoms with Crippen molar-refractivity contribution in [3.8, 4) is 0 Å². The lowest BCUT2D eigenvalue weighted by molar-refractivity contribution is -0.122. The van der Waals surface area contributed by atoms with E-state index >= 15 is 0 Å². The average molecular weight is 309 g/mol. The number of rotatable bonds is 15. The molecule has 0 aromatic heterocycles. The summed E-state index contributed by atoms with van der Waals surface area (Å²) < 4.78 is 0. The summed E-state index contributed by atoms with van der Waals surface area (Å²) in [4.78, 5) is 11.1. The second-order valence-corrected chi connectivity index (χ2v) is 5.74. The molecule has 3 heteroatoms. The van der Waals surface area contributed by atoms with Gasteiger partial charge < -0.3 is 10.4 Å². The van der Waals surface area contributed by atoms with Gasteiger partial charge in [0.25, 0.3) is 0 Å². The first kappa shape index (κ1) is 20.9. The number of amides is 1. The Kier molecular flexibility index (Phi) is 17.1. The number of allylic oxidation sites excluding steroid dienone is 4. The lowest BCUT2D eigenvalue weighted by Crippen LogP contribution is -2.23. The Morgan fingerprint density at radius 1 is 0.864 bits per heavy atom. The van der Waals surface area contributed by atoms with Crippen LogP contribution in [-0.4, -0.2) is 17.7 Å². The van der Waals surface area contributed by atoms with Gasteiger partial charge in [0.1, 0.15) is 6.73 Å². The fraction of sp³-hybridized carbons (Fsp3) is 0.737. The number of hydrogen-bond acceptors (Lipinski definition) is 2. The maximum absolute atomic E-state index is 11.1. The summed E-state index contributed by atoms with van der Waals surface area (Å²) in [5.74, 6) is -0.0480. The highest BCUT2D eigenvalue weighted by Crippen LogP contribution is 2.08. The molecule has 2 N–H and O–H groups in total. The molecular weight excluding hydrogens is 274 g/mol. The van der Waals surface area contributed by atoms with Crippen LogP contribution in [0, 0.1) is 0 Å². The van der Waals surface area contributed by atoms with Crippen molar-refractivity contribution in [1.82, 2.24) is 5.32 Å². The van der Waals surface area contributed by atoms with Gasteiger partial charge in [-0.15, -0.1) is 0 Å². The molecule has 0 atom stereocenters. The monoisotopic (exact) mass is 309 g/mol. The predicted octanol–water partition coefficient (Wildman–Crippen LogP) is 4.87. The summed E-state index contributed by atoms with van der Waals surface area (Å²) in [6, 6.07) is 0. The van der Waals surface area contributed by atoms with E-state index in [4.69, 9.17) is 5.11 Å². The Hall–Kier alpha value is -1.09. The maximum atomic E-state index is 11.1. The number of carbonyl (C=O) groups is 1. The third-order valence-electron chi connectivity index (χ3n) is 3.63. The summed E-state index contributed by atoms with van der Waals surface area (Å²) in [6.07, 6.45) is 22.7. The Bertz CT molecular complexity index is 298. The van der Waals surface area contributed by atoms with Crippen molar-refractivity contribution in [3.63, 3.8) is 0 Å². The molecule has 0 unspecified atom stereocenters. The normalized spacial score (nSPS) is 11.5. The smallest absolute Gasteiger partial charge is 0.221 e. The Labute approximate surface area is 136 Å². The number of carbonyl (C=O) groups excluding carboxylic acids is 1. The molecule has 0 saturated carbocycles. The zero-order valence-corrected chi connectivity index (χ0v) is 14.4. The van der Waals surface area contributed by atoms with Gasteiger partial charge in [-0.2, -0.15) is 0 Å². The van der Waals surface area contributed by atoms with Crippen LogP contribution >= 0.6 is 0 Å². The van der Waals surface area contributed by atoms with Gasteiger partial charge in [-0.1, -0.05) is 63.3 Å². The van der Waals surface area contributed by atoms with Crippen molar-refractivity contribution < 1.29 is 9.90 Å². The zero-order chi connectivity index (χ0) is 16.3. The molecule has 22 heavy (non-hydrogen) atoms. The van der Waals surface area contributed by atoms with Crippen LogP contribution in [-0.2, 0) is 4.79 Å². The lowest BCUT2D eigenvalue weighted by Gasteiger charge is -2.01. The molecule has 1 amide bonds. The van der Waals surface area contributed by atoms with Crippen LogP contribution in [0.25, 0.3) is 0 Å². The van der Waals surface area contributed by atoms with E-state index in [9.17, 15) is 4.79 Å². The molecule has 0 aromatic carbocycles. The first-order valence-corrected chi connectivity index (χ1v) is 8.98. The molecule has 0 aromatic rings. The number of aliphatic hydroxyl groups is 1. The van der Waals surface area contributed by atoms with Crippen LogP contribution in [0.5, 0.6) is 0 Å². The van der Waals surface area contributed by atoms with Crippen molar-refractivity contribution in [1.29, 1.82) is 0 Å². The van der Waals surface area contributed by atoms with Crippen molar-refractivity contribution in [3.05, 3.63) is 24.3 Å². The summed E-state index contributed by atoms with van der Waals surface area (Å²) in [5.41, 5.74) is 0. The molecular formula is C19H35NO2. The highest BCUT2D eigenvalue weighted by Gasteiger charge is 1.98. The fourth-order valence-corrected chi connectivity index (χ4v) is 2.27. The summed E-state index contributed by atoms with van der Waals surface area (Å²) in [5, 5.41) is 10.9. The molecule has 3 nitrogen and oxygen atoms in total. The first-order chi connectivity index (χ1) is 10.8. The van der Waals surface area contributed by atoms with Gasteiger partial charge in [0.15, 0.2) is 0 Å². The van der Waals surface area contributed by atoms with E-state index in [0.29, 0.717) is 6.42 Å². The van der Waals surface area contributed by atoms with E-state index in [1.54, 1.807) is 0 Å². The minimum atomic E-state index is -0.251. The van der Waals surface area contributed by atoms with Gasteiger partial charge in [0.2, 0.25) is 5.91 Å². The van der Waals surface area contributed by atoms with Gasteiger partial charge in [-0.05, 0) is 38.5 Å². The van der Waals surface area contributed by atoms with Crippen molar-refractivity contribution >= 4 is 5.91 Å². The summed E-state index contributed by atoms with van der Waals surface area (Å²) >= 11 is 0. The minimum absolute atomic E-state index is 0.0480. The first-order valence-electron chi connectivity index (χ1n) is 8.98. The molecule has 0 aliphatic heterocycles. The molecule has 0 aliphatic rings. The van der Waals surface area contributed by atoms with Crippen molar-refractivity contribution in [2.24, 2.45) is 0 Å². The SMILES string of the molecule is CCCCC/C=C\C/C=C\CCCCCCCC(=O)NCO. The molecule has 0 rings (SSSR count). The van der Waals surface area contributed by atoms with Gasteiger partial charge in [-0.3, -0.25) is 4.79 Å². The third-order valence-corrected chi connectivity index (χ3v) is 3.63. The van der Waals surface area contributed by atoms with Crippen LogP contribution in [0.3, 0.4) is 0 Å². The molecule has 128 valence electrons. The van der Waals surface area contributed by atoms with Crippen LogP contribution < -0.4 is 5.32 Å². The average Bonchev–Trinajstić information content (AvgIpc) is 2.51. The third kappa shape index (κ3) is 17.0. The Morgan fingerprint density at radius 3 is 2.09 bits per heavy atom.